The summed E-state index contributed by atoms with van der Waals surface area (Å²) < 4.78 is 34.2. The van der Waals surface area contributed by atoms with Gasteiger partial charge in [0.2, 0.25) is 0 Å². The van der Waals surface area contributed by atoms with Crippen LogP contribution in [0.2, 0.25) is 0 Å². The molecule has 56 heavy (non-hydrogen) atoms. The predicted octanol–water partition coefficient (Wildman–Crippen LogP) is 10.5. The molecule has 11 nitrogen and oxygen atoms in total. The van der Waals surface area contributed by atoms with Gasteiger partial charge in [-0.2, -0.15) is 0 Å². The summed E-state index contributed by atoms with van der Waals surface area (Å²) in [5.41, 5.74) is 0. The van der Waals surface area contributed by atoms with E-state index in [4.69, 9.17) is 18.5 Å². The van der Waals surface area contributed by atoms with Gasteiger partial charge in [-0.05, 0) is 51.4 Å². The molecule has 0 aromatic heterocycles. The Bertz CT molecular complexity index is 1000. The molecular formula is C44H87NO10P+. The first kappa shape index (κ1) is 54.7. The number of rotatable bonds is 41. The fourth-order valence-corrected chi connectivity index (χ4v) is 7.02. The van der Waals surface area contributed by atoms with Crippen molar-refractivity contribution < 1.29 is 52.3 Å². The van der Waals surface area contributed by atoms with Crippen molar-refractivity contribution in [2.45, 2.75) is 212 Å². The fourth-order valence-electron chi connectivity index (χ4n) is 6.28. The van der Waals surface area contributed by atoms with Crippen molar-refractivity contribution in [3.05, 3.63) is 12.2 Å². The molecule has 0 bridgehead atoms. The van der Waals surface area contributed by atoms with Gasteiger partial charge in [-0.25, -0.2) is 4.57 Å². The second-order valence-electron chi connectivity index (χ2n) is 16.7. The zero-order valence-corrected chi connectivity index (χ0v) is 37.5. The molecule has 0 aliphatic carbocycles. The molecule has 4 unspecified atom stereocenters. The van der Waals surface area contributed by atoms with Crippen LogP contribution in [-0.4, -0.2) is 97.3 Å². The monoisotopic (exact) mass is 821 g/mol. The van der Waals surface area contributed by atoms with Gasteiger partial charge < -0.3 is 29.1 Å². The Morgan fingerprint density at radius 2 is 1.02 bits per heavy atom. The van der Waals surface area contributed by atoms with Crippen LogP contribution in [0.25, 0.3) is 0 Å². The van der Waals surface area contributed by atoms with Crippen molar-refractivity contribution in [1.29, 1.82) is 0 Å². The van der Waals surface area contributed by atoms with E-state index in [1.807, 2.05) is 21.1 Å². The van der Waals surface area contributed by atoms with Crippen molar-refractivity contribution in [2.24, 2.45) is 0 Å². The lowest BCUT2D eigenvalue weighted by atomic mass is 10.00. The first-order chi connectivity index (χ1) is 26.8. The van der Waals surface area contributed by atoms with E-state index < -0.39 is 44.7 Å². The number of phosphoric acid groups is 1. The van der Waals surface area contributed by atoms with Crippen molar-refractivity contribution >= 4 is 19.8 Å². The van der Waals surface area contributed by atoms with Gasteiger partial charge in [0.05, 0.1) is 40.0 Å². The molecule has 4 atom stereocenters. The minimum atomic E-state index is -4.40. The van der Waals surface area contributed by atoms with Gasteiger partial charge >= 0.3 is 19.8 Å². The first-order valence-corrected chi connectivity index (χ1v) is 24.1. The summed E-state index contributed by atoms with van der Waals surface area (Å²) in [6.45, 7) is 4.20. The largest absolute Gasteiger partial charge is 0.472 e. The molecule has 0 spiro atoms. The summed E-state index contributed by atoms with van der Waals surface area (Å²) in [5, 5.41) is 20.4. The van der Waals surface area contributed by atoms with Crippen LogP contribution in [0.1, 0.15) is 194 Å². The number of phosphoric ester groups is 1. The average Bonchev–Trinajstić information content (AvgIpc) is 3.14. The van der Waals surface area contributed by atoms with E-state index in [-0.39, 0.29) is 26.1 Å². The Morgan fingerprint density at radius 1 is 0.589 bits per heavy atom. The number of ether oxygens (including phenoxy) is 2. The van der Waals surface area contributed by atoms with Gasteiger partial charge in [-0.15, -0.1) is 0 Å². The van der Waals surface area contributed by atoms with Gasteiger partial charge in [0.15, 0.2) is 6.10 Å². The molecular weight excluding hydrogens is 733 g/mol. The highest BCUT2D eigenvalue weighted by Crippen LogP contribution is 2.43. The predicted molar refractivity (Wildman–Crippen MR) is 227 cm³/mol. The minimum Gasteiger partial charge on any atom is -0.462 e. The highest BCUT2D eigenvalue weighted by atomic mass is 31.2. The average molecular weight is 821 g/mol. The lowest BCUT2D eigenvalue weighted by Gasteiger charge is -2.24. The zero-order chi connectivity index (χ0) is 41.8. The van der Waals surface area contributed by atoms with Gasteiger partial charge in [0.1, 0.15) is 19.8 Å². The maximum Gasteiger partial charge on any atom is 0.472 e. The summed E-state index contributed by atoms with van der Waals surface area (Å²) >= 11 is 0. The second kappa shape index (κ2) is 36.7. The Morgan fingerprint density at radius 3 is 1.52 bits per heavy atom. The highest BCUT2D eigenvalue weighted by molar-refractivity contribution is 7.47. The van der Waals surface area contributed by atoms with Crippen LogP contribution >= 0.6 is 7.82 Å². The normalized spacial score (nSPS) is 14.8. The number of aliphatic hydroxyl groups excluding tert-OH is 2. The van der Waals surface area contributed by atoms with Crippen LogP contribution < -0.4 is 0 Å². The number of allylic oxidation sites excluding steroid dienone is 2. The summed E-state index contributed by atoms with van der Waals surface area (Å²) in [7, 11) is 1.40. The third-order valence-electron chi connectivity index (χ3n) is 9.99. The van der Waals surface area contributed by atoms with E-state index in [0.717, 1.165) is 96.3 Å². The Labute approximate surface area is 342 Å². The standard InChI is InChI=1S/C44H86NO10P/c1-6-8-10-12-13-14-15-16-17-18-19-20-23-26-30-34-43(48)52-38-40(39-54-56(50,51)53-37-36-45(3,4)5)55-44(49)35-31-27-24-21-22-25-29-33-42(47)41(46)32-28-11-9-7-2/h16-17,40-42,46-47H,6-15,18-39H2,1-5H3/p+1/b17-16-. The molecule has 0 aliphatic heterocycles. The smallest absolute Gasteiger partial charge is 0.462 e. The van der Waals surface area contributed by atoms with Crippen molar-refractivity contribution in [2.75, 3.05) is 47.5 Å². The van der Waals surface area contributed by atoms with Crippen LogP contribution in [0.5, 0.6) is 0 Å². The Balaban J connectivity index is 4.42. The minimum absolute atomic E-state index is 0.0109. The summed E-state index contributed by atoms with van der Waals surface area (Å²) in [4.78, 5) is 35.4. The highest BCUT2D eigenvalue weighted by Gasteiger charge is 2.27. The quantitative estimate of drug-likeness (QED) is 0.0179. The summed E-state index contributed by atoms with van der Waals surface area (Å²) in [6.07, 6.45) is 30.0. The molecule has 0 saturated carbocycles. The maximum absolute atomic E-state index is 12.7. The molecule has 0 heterocycles. The van der Waals surface area contributed by atoms with E-state index >= 15 is 0 Å². The number of hydrogen-bond acceptors (Lipinski definition) is 9. The van der Waals surface area contributed by atoms with Crippen LogP contribution in [0, 0.1) is 0 Å². The van der Waals surface area contributed by atoms with Crippen molar-refractivity contribution in [1.82, 2.24) is 0 Å². The maximum atomic E-state index is 12.7. The lowest BCUT2D eigenvalue weighted by molar-refractivity contribution is -0.870. The van der Waals surface area contributed by atoms with Crippen molar-refractivity contribution in [3.8, 4) is 0 Å². The topological polar surface area (TPSA) is 149 Å². The Hall–Kier alpha value is -1.33. The molecule has 0 fully saturated rings. The number of aliphatic hydroxyl groups is 2. The van der Waals surface area contributed by atoms with Gasteiger partial charge in [-0.3, -0.25) is 18.6 Å². The molecule has 0 aliphatic rings. The fraction of sp³-hybridized carbons (Fsp3) is 0.909. The number of nitrogens with zero attached hydrogens (tertiary/aromatic N) is 1. The molecule has 0 aromatic rings. The summed E-state index contributed by atoms with van der Waals surface area (Å²) in [6, 6.07) is 0. The summed E-state index contributed by atoms with van der Waals surface area (Å²) in [5.74, 6) is -0.879. The van der Waals surface area contributed by atoms with Crippen LogP contribution in [-0.2, 0) is 32.7 Å². The lowest BCUT2D eigenvalue weighted by Crippen LogP contribution is -2.37. The van der Waals surface area contributed by atoms with Gasteiger partial charge in [0.25, 0.3) is 0 Å². The van der Waals surface area contributed by atoms with E-state index in [9.17, 15) is 29.3 Å². The SMILES string of the molecule is CCCCCCCC/C=C\CCCCCCCC(=O)OCC(COP(=O)(O)OCC[N+](C)(C)C)OC(=O)CCCCCCCCCC(O)C(O)CCCCCC. The third kappa shape index (κ3) is 38.2. The molecule has 332 valence electrons. The number of hydrogen-bond donors (Lipinski definition) is 3. The van der Waals surface area contributed by atoms with E-state index in [1.54, 1.807) is 0 Å². The first-order valence-electron chi connectivity index (χ1n) is 22.6. The molecule has 0 rings (SSSR count). The molecule has 0 aromatic carbocycles. The van der Waals surface area contributed by atoms with Gasteiger partial charge in [-0.1, -0.05) is 142 Å². The van der Waals surface area contributed by atoms with Crippen LogP contribution in [0.3, 0.4) is 0 Å². The molecule has 3 N–H and O–H groups in total. The Kier molecular flexibility index (Phi) is 35.9. The van der Waals surface area contributed by atoms with E-state index in [1.165, 1.54) is 44.9 Å². The molecule has 0 amide bonds. The molecule has 0 radical (unpaired) electrons. The number of unbranched alkanes of at least 4 members (excludes halogenated alkanes) is 20. The van der Waals surface area contributed by atoms with Crippen LogP contribution in [0.4, 0.5) is 0 Å². The van der Waals surface area contributed by atoms with Crippen molar-refractivity contribution in [3.63, 3.8) is 0 Å². The second-order valence-corrected chi connectivity index (χ2v) is 18.2. The van der Waals surface area contributed by atoms with E-state index in [2.05, 4.69) is 26.0 Å². The number of quaternary nitrogens is 1. The van der Waals surface area contributed by atoms with E-state index in [0.29, 0.717) is 36.7 Å². The zero-order valence-electron chi connectivity index (χ0n) is 36.6. The van der Waals surface area contributed by atoms with Gasteiger partial charge in [0, 0.05) is 12.8 Å². The molecule has 12 heteroatoms. The number of carbonyl (C=O) groups excluding carboxylic acids is 2. The number of likely N-dealkylation sites (N-methyl/N-ethyl adjacent to an activating group) is 1. The van der Waals surface area contributed by atoms with Crippen LogP contribution in [0.15, 0.2) is 12.2 Å². The number of carbonyl (C=O) groups is 2. The number of esters is 2. The molecule has 0 saturated heterocycles. The third-order valence-corrected chi connectivity index (χ3v) is 11.0.